The highest BCUT2D eigenvalue weighted by Gasteiger charge is 2.30. The summed E-state index contributed by atoms with van der Waals surface area (Å²) in [5, 5.41) is 0. The molecule has 0 radical (unpaired) electrons. The maximum absolute atomic E-state index is 13.4. The van der Waals surface area contributed by atoms with Crippen molar-refractivity contribution in [2.75, 3.05) is 39.5 Å². The molecule has 0 saturated carbocycles. The summed E-state index contributed by atoms with van der Waals surface area (Å²) in [7, 11) is 0. The number of rotatable bonds is 4. The van der Waals surface area contributed by atoms with E-state index in [-0.39, 0.29) is 24.2 Å². The van der Waals surface area contributed by atoms with Crippen molar-refractivity contribution in [3.8, 4) is 11.5 Å². The van der Waals surface area contributed by atoms with Crippen LogP contribution in [0.5, 0.6) is 11.5 Å². The van der Waals surface area contributed by atoms with Crippen LogP contribution in [0.2, 0.25) is 0 Å². The van der Waals surface area contributed by atoms with Crippen LogP contribution in [-0.2, 0) is 4.74 Å². The van der Waals surface area contributed by atoms with Gasteiger partial charge in [0, 0.05) is 18.7 Å². The van der Waals surface area contributed by atoms with Crippen LogP contribution in [0.1, 0.15) is 22.0 Å². The Kier molecular flexibility index (Phi) is 6.14. The quantitative estimate of drug-likeness (QED) is 0.768. The Hall–Kier alpha value is -2.08. The number of fused-ring (bicyclic) bond motifs is 1. The van der Waals surface area contributed by atoms with Crippen LogP contribution in [-0.4, -0.2) is 50.2 Å². The highest BCUT2D eigenvalue weighted by molar-refractivity contribution is 6.01. The van der Waals surface area contributed by atoms with E-state index in [0.29, 0.717) is 43.5 Å². The van der Waals surface area contributed by atoms with Gasteiger partial charge in [0.05, 0.1) is 19.3 Å². The number of hydrogen-bond acceptors (Lipinski definition) is 5. The largest absolute Gasteiger partial charge is 0.486 e. The Morgan fingerprint density at radius 2 is 1.58 bits per heavy atom. The highest BCUT2D eigenvalue weighted by atomic mass is 35.5. The van der Waals surface area contributed by atoms with Crippen LogP contribution in [0.15, 0.2) is 48.5 Å². The molecular weight excluding hydrogens is 354 g/mol. The van der Waals surface area contributed by atoms with E-state index in [0.717, 1.165) is 18.7 Å². The van der Waals surface area contributed by atoms with Gasteiger partial charge >= 0.3 is 0 Å². The van der Waals surface area contributed by atoms with Crippen molar-refractivity contribution in [2.45, 2.75) is 6.04 Å². The molecule has 0 aromatic heterocycles. The lowest BCUT2D eigenvalue weighted by Crippen LogP contribution is -2.42. The molecule has 4 rings (SSSR count). The molecule has 2 aliphatic rings. The molecule has 0 aliphatic carbocycles. The topological polar surface area (TPSA) is 48.0 Å². The van der Waals surface area contributed by atoms with Crippen molar-refractivity contribution >= 4 is 18.2 Å². The molecule has 1 atom stereocenters. The van der Waals surface area contributed by atoms with Crippen molar-refractivity contribution in [3.05, 3.63) is 59.7 Å². The van der Waals surface area contributed by atoms with Crippen molar-refractivity contribution < 1.29 is 19.0 Å². The van der Waals surface area contributed by atoms with E-state index in [2.05, 4.69) is 4.90 Å². The van der Waals surface area contributed by atoms with E-state index >= 15 is 0 Å². The molecule has 2 aromatic carbocycles. The Labute approximate surface area is 159 Å². The number of carbonyl (C=O) groups is 1. The summed E-state index contributed by atoms with van der Waals surface area (Å²) in [4.78, 5) is 15.5. The minimum atomic E-state index is -0.312. The second-order valence-electron chi connectivity index (χ2n) is 6.18. The Morgan fingerprint density at radius 3 is 2.31 bits per heavy atom. The van der Waals surface area contributed by atoms with Gasteiger partial charge in [-0.1, -0.05) is 30.3 Å². The maximum Gasteiger partial charge on any atom is 0.184 e. The summed E-state index contributed by atoms with van der Waals surface area (Å²) < 4.78 is 16.6. The van der Waals surface area contributed by atoms with Crippen LogP contribution < -0.4 is 9.47 Å². The van der Waals surface area contributed by atoms with Gasteiger partial charge in [0.15, 0.2) is 17.3 Å². The summed E-state index contributed by atoms with van der Waals surface area (Å²) in [6.45, 7) is 3.85. The monoisotopic (exact) mass is 375 g/mol. The molecule has 138 valence electrons. The van der Waals surface area contributed by atoms with Gasteiger partial charge in [-0.05, 0) is 23.8 Å². The molecule has 0 N–H and O–H groups in total. The average Bonchev–Trinajstić information content (AvgIpc) is 2.69. The number of ketones is 1. The standard InChI is InChI=1S/C20H21NO4.ClH/c22-20(16-6-7-17-18(14-16)25-13-12-24-17)19(15-4-2-1-3-5-15)21-8-10-23-11-9-21;/h1-7,14,19H,8-13H2;1H. The highest BCUT2D eigenvalue weighted by Crippen LogP contribution is 2.33. The summed E-state index contributed by atoms with van der Waals surface area (Å²) in [6.07, 6.45) is 0. The van der Waals surface area contributed by atoms with Gasteiger partial charge in [-0.25, -0.2) is 0 Å². The van der Waals surface area contributed by atoms with Gasteiger partial charge in [0.2, 0.25) is 0 Å². The molecule has 26 heavy (non-hydrogen) atoms. The minimum Gasteiger partial charge on any atom is -0.486 e. The zero-order valence-electron chi connectivity index (χ0n) is 14.4. The van der Waals surface area contributed by atoms with Crippen LogP contribution in [0, 0.1) is 0 Å². The average molecular weight is 376 g/mol. The Bertz CT molecular complexity index is 747. The van der Waals surface area contributed by atoms with Crippen LogP contribution in [0.4, 0.5) is 0 Å². The maximum atomic E-state index is 13.4. The third-order valence-electron chi connectivity index (χ3n) is 4.60. The molecule has 1 saturated heterocycles. The predicted octanol–water partition coefficient (Wildman–Crippen LogP) is 3.14. The van der Waals surface area contributed by atoms with E-state index in [1.165, 1.54) is 0 Å². The second-order valence-corrected chi connectivity index (χ2v) is 6.18. The van der Waals surface area contributed by atoms with Crippen molar-refractivity contribution in [3.63, 3.8) is 0 Å². The van der Waals surface area contributed by atoms with Gasteiger partial charge in [-0.15, -0.1) is 12.4 Å². The molecule has 0 amide bonds. The summed E-state index contributed by atoms with van der Waals surface area (Å²) >= 11 is 0. The van der Waals surface area contributed by atoms with Gasteiger partial charge < -0.3 is 14.2 Å². The fourth-order valence-corrected chi connectivity index (χ4v) is 3.35. The van der Waals surface area contributed by atoms with E-state index in [1.807, 2.05) is 42.5 Å². The zero-order chi connectivity index (χ0) is 17.1. The lowest BCUT2D eigenvalue weighted by atomic mass is 9.95. The van der Waals surface area contributed by atoms with E-state index < -0.39 is 0 Å². The first-order chi connectivity index (χ1) is 12.3. The van der Waals surface area contributed by atoms with Crippen LogP contribution >= 0.6 is 12.4 Å². The predicted molar refractivity (Wildman–Crippen MR) is 101 cm³/mol. The third kappa shape index (κ3) is 3.85. The molecule has 2 aliphatic heterocycles. The van der Waals surface area contributed by atoms with Gasteiger partial charge in [-0.3, -0.25) is 9.69 Å². The fourth-order valence-electron chi connectivity index (χ4n) is 3.35. The molecular formula is C20H22ClNO4. The molecule has 1 unspecified atom stereocenters. The first-order valence-electron chi connectivity index (χ1n) is 8.63. The second kappa shape index (κ2) is 8.54. The number of morpholine rings is 1. The van der Waals surface area contributed by atoms with Crippen molar-refractivity contribution in [2.24, 2.45) is 0 Å². The molecule has 2 aromatic rings. The van der Waals surface area contributed by atoms with Crippen LogP contribution in [0.25, 0.3) is 0 Å². The van der Waals surface area contributed by atoms with Gasteiger partial charge in [0.1, 0.15) is 13.2 Å². The van der Waals surface area contributed by atoms with Gasteiger partial charge in [0.25, 0.3) is 0 Å². The number of halogens is 1. The summed E-state index contributed by atoms with van der Waals surface area (Å²) in [5.74, 6) is 1.42. The van der Waals surface area contributed by atoms with E-state index in [4.69, 9.17) is 14.2 Å². The minimum absolute atomic E-state index is 0. The number of benzene rings is 2. The summed E-state index contributed by atoms with van der Waals surface area (Å²) in [5.41, 5.74) is 1.65. The number of nitrogens with zero attached hydrogens (tertiary/aromatic N) is 1. The summed E-state index contributed by atoms with van der Waals surface area (Å²) in [6, 6.07) is 15.1. The van der Waals surface area contributed by atoms with Crippen molar-refractivity contribution in [1.29, 1.82) is 0 Å². The smallest absolute Gasteiger partial charge is 0.184 e. The lowest BCUT2D eigenvalue weighted by Gasteiger charge is -2.34. The SMILES string of the molecule is Cl.O=C(c1ccc2c(c1)OCCO2)C(c1ccccc1)N1CCOCC1. The van der Waals surface area contributed by atoms with Crippen LogP contribution in [0.3, 0.4) is 0 Å². The Balaban J connectivity index is 0.00000196. The van der Waals surface area contributed by atoms with Crippen molar-refractivity contribution in [1.82, 2.24) is 4.90 Å². The number of ether oxygens (including phenoxy) is 3. The normalized spacial score (nSPS) is 17.8. The molecule has 1 fully saturated rings. The Morgan fingerprint density at radius 1 is 0.885 bits per heavy atom. The first-order valence-corrected chi connectivity index (χ1v) is 8.63. The lowest BCUT2D eigenvalue weighted by molar-refractivity contribution is 0.0172. The fraction of sp³-hybridized carbons (Fsp3) is 0.350. The number of Topliss-reactive ketones (excluding diaryl/α,β-unsaturated/α-hetero) is 1. The molecule has 6 heteroatoms. The molecule has 5 nitrogen and oxygen atoms in total. The number of hydrogen-bond donors (Lipinski definition) is 0. The molecule has 2 heterocycles. The number of carbonyl (C=O) groups excluding carboxylic acids is 1. The van der Waals surface area contributed by atoms with E-state index in [1.54, 1.807) is 6.07 Å². The molecule has 0 bridgehead atoms. The van der Waals surface area contributed by atoms with Gasteiger partial charge in [-0.2, -0.15) is 0 Å². The van der Waals surface area contributed by atoms with E-state index in [9.17, 15) is 4.79 Å². The first kappa shape index (κ1) is 18.7. The zero-order valence-corrected chi connectivity index (χ0v) is 15.2. The third-order valence-corrected chi connectivity index (χ3v) is 4.60. The molecule has 0 spiro atoms.